The van der Waals surface area contributed by atoms with Crippen molar-refractivity contribution in [2.45, 2.75) is 77.3 Å². The molecule has 4 fully saturated rings. The monoisotopic (exact) mass is 332 g/mol. The molecule has 5 atom stereocenters. The molecule has 24 heavy (non-hydrogen) atoms. The Bertz CT molecular complexity index is 518. The van der Waals surface area contributed by atoms with Crippen LogP contribution in [0.2, 0.25) is 0 Å². The number of amides is 2. The summed E-state index contributed by atoms with van der Waals surface area (Å²) in [5.74, 6) is 3.11. The van der Waals surface area contributed by atoms with E-state index < -0.39 is 0 Å². The lowest BCUT2D eigenvalue weighted by Crippen LogP contribution is -2.42. The molecular weight excluding hydrogens is 300 g/mol. The molecule has 0 aromatic rings. The van der Waals surface area contributed by atoms with E-state index in [1.165, 1.54) is 38.5 Å². The summed E-state index contributed by atoms with van der Waals surface area (Å²) in [4.78, 5) is 29.2. The fourth-order valence-corrected chi connectivity index (χ4v) is 6.02. The number of carbonyl (C=O) groups excluding carboxylic acids is 2. The molecule has 2 bridgehead atoms. The molecule has 2 amide bonds. The minimum Gasteiger partial charge on any atom is -0.339 e. The van der Waals surface area contributed by atoms with Crippen molar-refractivity contribution in [3.8, 4) is 0 Å². The lowest BCUT2D eigenvalue weighted by atomic mass is 9.83. The molecular formula is C20H32N2O2. The van der Waals surface area contributed by atoms with Crippen molar-refractivity contribution in [1.29, 1.82) is 0 Å². The third kappa shape index (κ3) is 2.86. The summed E-state index contributed by atoms with van der Waals surface area (Å²) in [6.45, 7) is 5.63. The summed E-state index contributed by atoms with van der Waals surface area (Å²) < 4.78 is 0. The first kappa shape index (κ1) is 16.4. The average molecular weight is 332 g/mol. The van der Waals surface area contributed by atoms with Crippen molar-refractivity contribution in [2.75, 3.05) is 13.1 Å². The van der Waals surface area contributed by atoms with Gasteiger partial charge in [0.1, 0.15) is 0 Å². The zero-order valence-electron chi connectivity index (χ0n) is 15.2. The van der Waals surface area contributed by atoms with Crippen LogP contribution in [-0.4, -0.2) is 46.8 Å². The van der Waals surface area contributed by atoms with Crippen LogP contribution in [0, 0.1) is 23.7 Å². The second-order valence-corrected chi connectivity index (χ2v) is 9.04. The number of hydrogen-bond donors (Lipinski definition) is 0. The van der Waals surface area contributed by atoms with Crippen LogP contribution >= 0.6 is 0 Å². The van der Waals surface area contributed by atoms with E-state index in [1.807, 2.05) is 18.7 Å². The van der Waals surface area contributed by atoms with Crippen molar-refractivity contribution in [1.82, 2.24) is 9.80 Å². The molecule has 2 heterocycles. The smallest absolute Gasteiger partial charge is 0.228 e. The summed E-state index contributed by atoms with van der Waals surface area (Å²) in [5.41, 5.74) is 0. The number of likely N-dealkylation sites (tertiary alicyclic amines) is 2. The van der Waals surface area contributed by atoms with E-state index in [4.69, 9.17) is 0 Å². The first-order valence-corrected chi connectivity index (χ1v) is 10.1. The number of fused-ring (bicyclic) bond motifs is 2. The van der Waals surface area contributed by atoms with Gasteiger partial charge in [-0.25, -0.2) is 0 Å². The Labute approximate surface area is 145 Å². The highest BCUT2D eigenvalue weighted by Crippen LogP contribution is 2.50. The van der Waals surface area contributed by atoms with Gasteiger partial charge < -0.3 is 9.80 Å². The maximum Gasteiger partial charge on any atom is 0.228 e. The third-order valence-corrected chi connectivity index (χ3v) is 7.25. The van der Waals surface area contributed by atoms with E-state index in [1.54, 1.807) is 0 Å². The molecule has 0 aromatic carbocycles. The molecule has 2 aliphatic carbocycles. The van der Waals surface area contributed by atoms with Crippen molar-refractivity contribution < 1.29 is 9.59 Å². The molecule has 4 heteroatoms. The number of rotatable bonds is 4. The highest BCUT2D eigenvalue weighted by atomic mass is 16.2. The topological polar surface area (TPSA) is 40.6 Å². The van der Waals surface area contributed by atoms with Crippen LogP contribution in [-0.2, 0) is 9.59 Å². The predicted molar refractivity (Wildman–Crippen MR) is 93.2 cm³/mol. The Morgan fingerprint density at radius 1 is 1.21 bits per heavy atom. The Balaban J connectivity index is 1.38. The van der Waals surface area contributed by atoms with Gasteiger partial charge in [0.05, 0.1) is 5.92 Å². The van der Waals surface area contributed by atoms with Crippen molar-refractivity contribution in [3.05, 3.63) is 0 Å². The zero-order valence-corrected chi connectivity index (χ0v) is 15.2. The minimum absolute atomic E-state index is 0.0967. The van der Waals surface area contributed by atoms with Crippen molar-refractivity contribution >= 4 is 11.8 Å². The molecule has 2 aliphatic heterocycles. The second kappa shape index (κ2) is 6.34. The molecule has 2 saturated carbocycles. The number of carbonyl (C=O) groups is 2. The molecule has 0 spiro atoms. The molecule has 0 aromatic heterocycles. The summed E-state index contributed by atoms with van der Waals surface area (Å²) in [6.07, 6.45) is 9.70. The number of nitrogens with zero attached hydrogens (tertiary/aromatic N) is 2. The predicted octanol–water partition coefficient (Wildman–Crippen LogP) is 3.06. The highest BCUT2D eigenvalue weighted by Gasteiger charge is 2.44. The van der Waals surface area contributed by atoms with Gasteiger partial charge in [-0.1, -0.05) is 6.42 Å². The van der Waals surface area contributed by atoms with Gasteiger partial charge in [0, 0.05) is 31.6 Å². The average Bonchev–Trinajstić information content (AvgIpc) is 3.29. The van der Waals surface area contributed by atoms with Gasteiger partial charge in [-0.3, -0.25) is 9.59 Å². The van der Waals surface area contributed by atoms with Gasteiger partial charge >= 0.3 is 0 Å². The maximum atomic E-state index is 13.1. The van der Waals surface area contributed by atoms with Crippen LogP contribution in [0.15, 0.2) is 0 Å². The first-order chi connectivity index (χ1) is 11.5. The fraction of sp³-hybridized carbons (Fsp3) is 0.900. The van der Waals surface area contributed by atoms with Crippen LogP contribution < -0.4 is 0 Å². The van der Waals surface area contributed by atoms with E-state index in [9.17, 15) is 9.59 Å². The SMILES string of the molecule is CC(C)N1C[C@H](C(=O)N2CCC[C@@H]2C[C@@H]2C[C@H]3CC[C@H]2C3)CC1=O. The Morgan fingerprint density at radius 2 is 2.04 bits per heavy atom. The van der Waals surface area contributed by atoms with Crippen molar-refractivity contribution in [2.24, 2.45) is 23.7 Å². The van der Waals surface area contributed by atoms with Crippen LogP contribution in [0.3, 0.4) is 0 Å². The van der Waals surface area contributed by atoms with Gasteiger partial charge in [0.25, 0.3) is 0 Å². The molecule has 4 aliphatic rings. The quantitative estimate of drug-likeness (QED) is 0.794. The molecule has 0 radical (unpaired) electrons. The first-order valence-electron chi connectivity index (χ1n) is 10.1. The van der Waals surface area contributed by atoms with E-state index in [-0.39, 0.29) is 23.8 Å². The Kier molecular flexibility index (Phi) is 4.34. The molecule has 0 unspecified atom stereocenters. The van der Waals surface area contributed by atoms with E-state index in [0.29, 0.717) is 19.0 Å². The molecule has 134 valence electrons. The Hall–Kier alpha value is -1.06. The standard InChI is InChI=1S/C20H32N2O2/c1-13(2)22-12-17(11-19(22)23)20(24)21-7-3-4-18(21)10-16-9-14-5-6-15(16)8-14/h13-18H,3-12H2,1-2H3/t14-,15-,16-,17+,18+/m0/s1. The fourth-order valence-electron chi connectivity index (χ4n) is 6.02. The van der Waals surface area contributed by atoms with Gasteiger partial charge in [-0.2, -0.15) is 0 Å². The van der Waals surface area contributed by atoms with E-state index >= 15 is 0 Å². The van der Waals surface area contributed by atoms with Gasteiger partial charge in [0.15, 0.2) is 0 Å². The Morgan fingerprint density at radius 3 is 2.67 bits per heavy atom. The van der Waals surface area contributed by atoms with E-state index in [0.717, 1.165) is 30.7 Å². The summed E-state index contributed by atoms with van der Waals surface area (Å²) in [6, 6.07) is 0.656. The lowest BCUT2D eigenvalue weighted by molar-refractivity contribution is -0.137. The van der Waals surface area contributed by atoms with E-state index in [2.05, 4.69) is 4.90 Å². The van der Waals surface area contributed by atoms with Gasteiger partial charge in [0.2, 0.25) is 11.8 Å². The number of hydrogen-bond acceptors (Lipinski definition) is 2. The summed E-state index contributed by atoms with van der Waals surface area (Å²) in [5, 5.41) is 0. The largest absolute Gasteiger partial charge is 0.339 e. The molecule has 2 saturated heterocycles. The van der Waals surface area contributed by atoms with Gasteiger partial charge in [-0.05, 0) is 70.1 Å². The highest BCUT2D eigenvalue weighted by molar-refractivity contribution is 5.89. The summed E-state index contributed by atoms with van der Waals surface area (Å²) >= 11 is 0. The molecule has 0 N–H and O–H groups in total. The third-order valence-electron chi connectivity index (χ3n) is 7.25. The van der Waals surface area contributed by atoms with Crippen LogP contribution in [0.4, 0.5) is 0 Å². The normalized spacial score (nSPS) is 38.8. The van der Waals surface area contributed by atoms with Gasteiger partial charge in [-0.15, -0.1) is 0 Å². The molecule has 4 nitrogen and oxygen atoms in total. The van der Waals surface area contributed by atoms with Crippen molar-refractivity contribution in [3.63, 3.8) is 0 Å². The second-order valence-electron chi connectivity index (χ2n) is 9.04. The maximum absolute atomic E-state index is 13.1. The zero-order chi connectivity index (χ0) is 16.8. The van der Waals surface area contributed by atoms with Crippen LogP contribution in [0.5, 0.6) is 0 Å². The molecule has 4 rings (SSSR count). The minimum atomic E-state index is -0.0967. The summed E-state index contributed by atoms with van der Waals surface area (Å²) in [7, 11) is 0. The van der Waals surface area contributed by atoms with Crippen LogP contribution in [0.1, 0.15) is 65.2 Å². The van der Waals surface area contributed by atoms with Crippen LogP contribution in [0.25, 0.3) is 0 Å². The lowest BCUT2D eigenvalue weighted by Gasteiger charge is -2.32.